The number of nitrogens with zero attached hydrogens (tertiary/aromatic N) is 1. The van der Waals surface area contributed by atoms with Crippen LogP contribution >= 0.6 is 0 Å². The molecule has 0 fully saturated rings. The lowest BCUT2D eigenvalue weighted by molar-refractivity contribution is 0.284. The number of aromatic nitrogens is 1. The van der Waals surface area contributed by atoms with E-state index in [4.69, 9.17) is 9.47 Å². The zero-order valence-electron chi connectivity index (χ0n) is 10.4. The molecule has 0 unspecified atom stereocenters. The highest BCUT2D eigenvalue weighted by atomic mass is 16.5. The Balaban J connectivity index is 2.11. The minimum atomic E-state index is 0.122. The normalized spacial score (nSPS) is 10.1. The SMILES string of the molecule is COc1cc(C)nc(COc2ccccc2O)c1. The third-order valence-corrected chi connectivity index (χ3v) is 2.46. The van der Waals surface area contributed by atoms with Crippen molar-refractivity contribution in [2.24, 2.45) is 0 Å². The first kappa shape index (κ1) is 12.2. The van der Waals surface area contributed by atoms with Gasteiger partial charge in [0.2, 0.25) is 0 Å². The van der Waals surface area contributed by atoms with Crippen LogP contribution in [0.3, 0.4) is 0 Å². The lowest BCUT2D eigenvalue weighted by Crippen LogP contribution is -2.00. The van der Waals surface area contributed by atoms with Gasteiger partial charge in [0.25, 0.3) is 0 Å². The highest BCUT2D eigenvalue weighted by Gasteiger charge is 2.04. The van der Waals surface area contributed by atoms with Crippen LogP contribution in [-0.2, 0) is 6.61 Å². The molecule has 1 N–H and O–H groups in total. The zero-order valence-corrected chi connectivity index (χ0v) is 10.4. The molecule has 4 nitrogen and oxygen atoms in total. The van der Waals surface area contributed by atoms with Gasteiger partial charge in [-0.2, -0.15) is 0 Å². The molecule has 2 aromatic rings. The van der Waals surface area contributed by atoms with Crippen molar-refractivity contribution in [1.82, 2.24) is 4.98 Å². The van der Waals surface area contributed by atoms with Gasteiger partial charge in [0.1, 0.15) is 12.4 Å². The number of pyridine rings is 1. The third kappa shape index (κ3) is 2.91. The van der Waals surface area contributed by atoms with Crippen LogP contribution in [-0.4, -0.2) is 17.2 Å². The van der Waals surface area contributed by atoms with Crippen LogP contribution in [0.15, 0.2) is 36.4 Å². The van der Waals surface area contributed by atoms with Gasteiger partial charge in [-0.1, -0.05) is 12.1 Å². The van der Waals surface area contributed by atoms with Crippen molar-refractivity contribution in [1.29, 1.82) is 0 Å². The van der Waals surface area contributed by atoms with Gasteiger partial charge in [-0.3, -0.25) is 4.98 Å². The standard InChI is InChI=1S/C14H15NO3/c1-10-7-12(17-2)8-11(15-10)9-18-14-6-4-3-5-13(14)16/h3-8,16H,9H2,1-2H3. The van der Waals surface area contributed by atoms with Crippen LogP contribution in [0.1, 0.15) is 11.4 Å². The second kappa shape index (κ2) is 5.40. The third-order valence-electron chi connectivity index (χ3n) is 2.46. The maximum atomic E-state index is 9.57. The maximum absolute atomic E-state index is 9.57. The number of aryl methyl sites for hydroxylation is 1. The first-order valence-electron chi connectivity index (χ1n) is 5.61. The molecule has 0 spiro atoms. The number of ether oxygens (including phenoxy) is 2. The van der Waals surface area contributed by atoms with Crippen molar-refractivity contribution >= 4 is 0 Å². The Morgan fingerprint density at radius 3 is 2.72 bits per heavy atom. The summed E-state index contributed by atoms with van der Waals surface area (Å²) in [4.78, 5) is 4.34. The largest absolute Gasteiger partial charge is 0.504 e. The Bertz CT molecular complexity index is 540. The molecule has 1 heterocycles. The topological polar surface area (TPSA) is 51.6 Å². The molecule has 2 rings (SSSR count). The van der Waals surface area contributed by atoms with E-state index in [-0.39, 0.29) is 12.4 Å². The van der Waals surface area contributed by atoms with Crippen LogP contribution in [0.5, 0.6) is 17.2 Å². The van der Waals surface area contributed by atoms with Crippen LogP contribution < -0.4 is 9.47 Å². The molecule has 0 aliphatic rings. The second-order valence-electron chi connectivity index (χ2n) is 3.90. The maximum Gasteiger partial charge on any atom is 0.161 e. The summed E-state index contributed by atoms with van der Waals surface area (Å²) in [7, 11) is 1.61. The minimum Gasteiger partial charge on any atom is -0.504 e. The lowest BCUT2D eigenvalue weighted by Gasteiger charge is -2.09. The van der Waals surface area contributed by atoms with E-state index in [9.17, 15) is 5.11 Å². The number of methoxy groups -OCH3 is 1. The molecule has 1 aromatic carbocycles. The molecular weight excluding hydrogens is 230 g/mol. The Labute approximate surface area is 106 Å². The van der Waals surface area contributed by atoms with E-state index in [2.05, 4.69) is 4.98 Å². The van der Waals surface area contributed by atoms with Crippen LogP contribution in [0.2, 0.25) is 0 Å². The molecule has 0 bridgehead atoms. The molecule has 0 atom stereocenters. The summed E-state index contributed by atoms with van der Waals surface area (Å²) in [6.07, 6.45) is 0. The molecular formula is C14H15NO3. The molecule has 0 radical (unpaired) electrons. The van der Waals surface area contributed by atoms with Crippen LogP contribution in [0.25, 0.3) is 0 Å². The molecule has 0 aliphatic carbocycles. The molecule has 0 saturated carbocycles. The Morgan fingerprint density at radius 2 is 2.00 bits per heavy atom. The van der Waals surface area contributed by atoms with Gasteiger partial charge in [0.15, 0.2) is 11.5 Å². The Kier molecular flexibility index (Phi) is 3.67. The van der Waals surface area contributed by atoms with Gasteiger partial charge in [-0.05, 0) is 19.1 Å². The first-order chi connectivity index (χ1) is 8.69. The number of hydrogen-bond acceptors (Lipinski definition) is 4. The van der Waals surface area contributed by atoms with E-state index in [1.165, 1.54) is 0 Å². The molecule has 0 aliphatic heterocycles. The van der Waals surface area contributed by atoms with Gasteiger partial charge >= 0.3 is 0 Å². The van der Waals surface area contributed by atoms with Crippen LogP contribution in [0, 0.1) is 6.92 Å². The van der Waals surface area contributed by atoms with Gasteiger partial charge in [0.05, 0.1) is 12.8 Å². The van der Waals surface area contributed by atoms with E-state index in [0.29, 0.717) is 5.75 Å². The summed E-state index contributed by atoms with van der Waals surface area (Å²) in [5.41, 5.74) is 1.63. The van der Waals surface area contributed by atoms with E-state index < -0.39 is 0 Å². The average molecular weight is 245 g/mol. The van der Waals surface area contributed by atoms with Crippen molar-refractivity contribution in [3.63, 3.8) is 0 Å². The highest BCUT2D eigenvalue weighted by Crippen LogP contribution is 2.25. The number of phenols is 1. The summed E-state index contributed by atoms with van der Waals surface area (Å²) in [6, 6.07) is 10.5. The molecule has 0 amide bonds. The summed E-state index contributed by atoms with van der Waals surface area (Å²) in [5, 5.41) is 9.57. The number of rotatable bonds is 4. The Morgan fingerprint density at radius 1 is 1.22 bits per heavy atom. The predicted molar refractivity (Wildman–Crippen MR) is 68.0 cm³/mol. The van der Waals surface area contributed by atoms with Crippen LogP contribution in [0.4, 0.5) is 0 Å². The molecule has 4 heteroatoms. The lowest BCUT2D eigenvalue weighted by atomic mass is 10.3. The number of benzene rings is 1. The Hall–Kier alpha value is -2.23. The molecule has 1 aromatic heterocycles. The summed E-state index contributed by atoms with van der Waals surface area (Å²) >= 11 is 0. The summed E-state index contributed by atoms with van der Waals surface area (Å²) in [6.45, 7) is 2.18. The van der Waals surface area contributed by atoms with Gasteiger partial charge in [-0.15, -0.1) is 0 Å². The fraction of sp³-hybridized carbons (Fsp3) is 0.214. The molecule has 18 heavy (non-hydrogen) atoms. The van der Waals surface area contributed by atoms with Gasteiger partial charge in [-0.25, -0.2) is 0 Å². The average Bonchev–Trinajstić information content (AvgIpc) is 2.37. The number of phenolic OH excluding ortho intramolecular Hbond substituents is 1. The zero-order chi connectivity index (χ0) is 13.0. The number of aromatic hydroxyl groups is 1. The molecule has 0 saturated heterocycles. The predicted octanol–water partition coefficient (Wildman–Crippen LogP) is 2.68. The molecule has 94 valence electrons. The van der Waals surface area contributed by atoms with E-state index in [1.54, 1.807) is 31.4 Å². The van der Waals surface area contributed by atoms with Crippen molar-refractivity contribution in [3.05, 3.63) is 47.8 Å². The second-order valence-corrected chi connectivity index (χ2v) is 3.90. The number of para-hydroxylation sites is 2. The van der Waals surface area contributed by atoms with Crippen molar-refractivity contribution in [2.45, 2.75) is 13.5 Å². The smallest absolute Gasteiger partial charge is 0.161 e. The quantitative estimate of drug-likeness (QED) is 0.899. The number of hydrogen-bond donors (Lipinski definition) is 1. The fourth-order valence-corrected chi connectivity index (χ4v) is 1.63. The van der Waals surface area contributed by atoms with Gasteiger partial charge in [0, 0.05) is 17.8 Å². The monoisotopic (exact) mass is 245 g/mol. The van der Waals surface area contributed by atoms with Crippen molar-refractivity contribution < 1.29 is 14.6 Å². The first-order valence-corrected chi connectivity index (χ1v) is 5.61. The highest BCUT2D eigenvalue weighted by molar-refractivity contribution is 5.38. The van der Waals surface area contributed by atoms with Crippen molar-refractivity contribution in [3.8, 4) is 17.2 Å². The van der Waals surface area contributed by atoms with E-state index in [1.807, 2.05) is 19.1 Å². The fourth-order valence-electron chi connectivity index (χ4n) is 1.63. The van der Waals surface area contributed by atoms with E-state index >= 15 is 0 Å². The minimum absolute atomic E-state index is 0.122. The summed E-state index contributed by atoms with van der Waals surface area (Å²) in [5.74, 6) is 1.32. The van der Waals surface area contributed by atoms with Gasteiger partial charge < -0.3 is 14.6 Å². The summed E-state index contributed by atoms with van der Waals surface area (Å²) < 4.78 is 10.7. The van der Waals surface area contributed by atoms with E-state index in [0.717, 1.165) is 17.1 Å². The van der Waals surface area contributed by atoms with Crippen molar-refractivity contribution in [2.75, 3.05) is 7.11 Å².